The van der Waals surface area contributed by atoms with Crippen LogP contribution in [0.3, 0.4) is 0 Å². The highest BCUT2D eigenvalue weighted by Gasteiger charge is 2.35. The van der Waals surface area contributed by atoms with Gasteiger partial charge in [0, 0.05) is 16.0 Å². The molecule has 9 heteroatoms. The van der Waals surface area contributed by atoms with E-state index in [9.17, 15) is 31.4 Å². The number of thiophene rings is 1. The van der Waals surface area contributed by atoms with Crippen LogP contribution in [0, 0.1) is 6.92 Å². The second-order valence-corrected chi connectivity index (χ2v) is 10.4. The van der Waals surface area contributed by atoms with Gasteiger partial charge in [-0.3, -0.25) is 0 Å². The Morgan fingerprint density at radius 1 is 0.795 bits per heavy atom. The number of aromatic nitrogens is 1. The standard InChI is InChI=1S/C30H27F6NOS/c1-3-4-5-6-7-19-12-13-39-28(19)20-15-25(22-10-8-18(2)14-24(22)30(34,35)36)37-26(16-20)23-17-21(29(31,32)33)9-11-27(23)38/h8-17,38H,3-7H2,1-2H3. The summed E-state index contributed by atoms with van der Waals surface area (Å²) in [5.41, 5.74) is -0.445. The molecule has 0 saturated heterocycles. The molecule has 0 atom stereocenters. The van der Waals surface area contributed by atoms with Gasteiger partial charge in [-0.25, -0.2) is 4.98 Å². The van der Waals surface area contributed by atoms with Crippen molar-refractivity contribution in [3.05, 3.63) is 82.2 Å². The third kappa shape index (κ3) is 6.64. The largest absolute Gasteiger partial charge is 0.507 e. The predicted octanol–water partition coefficient (Wildman–Crippen LogP) is 10.3. The van der Waals surface area contributed by atoms with E-state index in [1.165, 1.54) is 35.6 Å². The lowest BCUT2D eigenvalue weighted by Gasteiger charge is -2.17. The van der Waals surface area contributed by atoms with Gasteiger partial charge >= 0.3 is 12.4 Å². The smallest absolute Gasteiger partial charge is 0.417 e. The van der Waals surface area contributed by atoms with Gasteiger partial charge in [0.15, 0.2) is 0 Å². The Kier molecular flexibility index (Phi) is 8.39. The quantitative estimate of drug-likeness (QED) is 0.171. The lowest BCUT2D eigenvalue weighted by molar-refractivity contribution is -0.138. The zero-order valence-electron chi connectivity index (χ0n) is 21.4. The van der Waals surface area contributed by atoms with Gasteiger partial charge in [-0.05, 0) is 78.7 Å². The lowest BCUT2D eigenvalue weighted by Crippen LogP contribution is -2.08. The van der Waals surface area contributed by atoms with Crippen LogP contribution in [0.4, 0.5) is 26.3 Å². The number of pyridine rings is 1. The van der Waals surface area contributed by atoms with Crippen LogP contribution < -0.4 is 0 Å². The first-order chi connectivity index (χ1) is 18.4. The number of hydrogen-bond donors (Lipinski definition) is 1. The van der Waals surface area contributed by atoms with Gasteiger partial charge < -0.3 is 5.11 Å². The number of phenolic OH excluding ortho intramolecular Hbond substituents is 1. The van der Waals surface area contributed by atoms with E-state index in [1.807, 2.05) is 11.4 Å². The van der Waals surface area contributed by atoms with Crippen molar-refractivity contribution in [2.45, 2.75) is 58.3 Å². The molecule has 2 aromatic carbocycles. The molecule has 39 heavy (non-hydrogen) atoms. The molecule has 0 spiro atoms. The highest BCUT2D eigenvalue weighted by Crippen LogP contribution is 2.42. The summed E-state index contributed by atoms with van der Waals surface area (Å²) in [7, 11) is 0. The number of rotatable bonds is 8. The van der Waals surface area contributed by atoms with Gasteiger partial charge in [-0.1, -0.05) is 43.9 Å². The summed E-state index contributed by atoms with van der Waals surface area (Å²) in [6.07, 6.45) is -4.45. The fraction of sp³-hybridized carbons (Fsp3) is 0.300. The van der Waals surface area contributed by atoms with Crippen LogP contribution in [0.5, 0.6) is 5.75 Å². The third-order valence-corrected chi connectivity index (χ3v) is 7.50. The van der Waals surface area contributed by atoms with Gasteiger partial charge in [0.05, 0.1) is 22.5 Å². The number of halogens is 6. The second-order valence-electron chi connectivity index (χ2n) is 9.49. The van der Waals surface area contributed by atoms with E-state index in [0.717, 1.165) is 66.8 Å². The van der Waals surface area contributed by atoms with Crippen LogP contribution in [0.1, 0.15) is 54.9 Å². The molecule has 0 aliphatic heterocycles. The Morgan fingerprint density at radius 3 is 2.18 bits per heavy atom. The normalized spacial score (nSPS) is 12.2. The molecule has 0 amide bonds. The fourth-order valence-corrected chi connectivity index (χ4v) is 5.44. The van der Waals surface area contributed by atoms with Gasteiger partial charge in [0.25, 0.3) is 0 Å². The SMILES string of the molecule is CCCCCCc1ccsc1-c1cc(-c2cc(C(F)(F)F)ccc2O)nc(-c2ccc(C)cc2C(F)(F)F)c1. The number of aryl methyl sites for hydroxylation is 2. The highest BCUT2D eigenvalue weighted by atomic mass is 32.1. The number of hydrogen-bond acceptors (Lipinski definition) is 3. The van der Waals surface area contributed by atoms with Crippen molar-refractivity contribution in [1.82, 2.24) is 4.98 Å². The van der Waals surface area contributed by atoms with Gasteiger partial charge in [0.2, 0.25) is 0 Å². The number of alkyl halides is 6. The van der Waals surface area contributed by atoms with E-state index in [4.69, 9.17) is 0 Å². The van der Waals surface area contributed by atoms with E-state index in [0.29, 0.717) is 11.1 Å². The molecule has 2 heterocycles. The minimum absolute atomic E-state index is 0.0445. The molecule has 0 aliphatic rings. The number of nitrogens with zero attached hydrogens (tertiary/aromatic N) is 1. The van der Waals surface area contributed by atoms with Crippen molar-refractivity contribution < 1.29 is 31.4 Å². The molecular formula is C30H27F6NOS. The van der Waals surface area contributed by atoms with Gasteiger partial charge in [-0.15, -0.1) is 11.3 Å². The molecule has 4 aromatic rings. The first-order valence-corrected chi connectivity index (χ1v) is 13.4. The lowest BCUT2D eigenvalue weighted by atomic mass is 9.96. The minimum atomic E-state index is -4.68. The Bertz CT molecular complexity index is 1450. The maximum absolute atomic E-state index is 14.0. The van der Waals surface area contributed by atoms with E-state index in [2.05, 4.69) is 11.9 Å². The molecule has 2 aromatic heterocycles. The topological polar surface area (TPSA) is 33.1 Å². The van der Waals surface area contributed by atoms with Crippen LogP contribution in [0.15, 0.2) is 60.0 Å². The summed E-state index contributed by atoms with van der Waals surface area (Å²) in [5, 5.41) is 12.4. The first-order valence-electron chi connectivity index (χ1n) is 12.6. The fourth-order valence-electron chi connectivity index (χ4n) is 4.50. The van der Waals surface area contributed by atoms with Crippen LogP contribution in [0.2, 0.25) is 0 Å². The molecule has 0 fully saturated rings. The average molecular weight is 564 g/mol. The summed E-state index contributed by atoms with van der Waals surface area (Å²) in [6, 6.07) is 11.3. The average Bonchev–Trinajstić information content (AvgIpc) is 3.34. The molecule has 4 rings (SSSR count). The van der Waals surface area contributed by atoms with Crippen molar-refractivity contribution in [3.63, 3.8) is 0 Å². The molecule has 0 unspecified atom stereocenters. The molecule has 0 radical (unpaired) electrons. The summed E-state index contributed by atoms with van der Waals surface area (Å²) in [6.45, 7) is 3.66. The maximum Gasteiger partial charge on any atom is 0.417 e. The van der Waals surface area contributed by atoms with Gasteiger partial charge in [-0.2, -0.15) is 26.3 Å². The van der Waals surface area contributed by atoms with E-state index >= 15 is 0 Å². The Hall–Kier alpha value is -3.33. The molecule has 0 aliphatic carbocycles. The number of aromatic hydroxyl groups is 1. The zero-order valence-corrected chi connectivity index (χ0v) is 22.2. The second kappa shape index (κ2) is 11.4. The van der Waals surface area contributed by atoms with E-state index in [-0.39, 0.29) is 22.5 Å². The third-order valence-electron chi connectivity index (χ3n) is 6.49. The monoisotopic (exact) mass is 563 g/mol. The minimum Gasteiger partial charge on any atom is -0.507 e. The molecule has 2 nitrogen and oxygen atoms in total. The first kappa shape index (κ1) is 28.7. The molecule has 0 saturated carbocycles. The van der Waals surface area contributed by atoms with Crippen molar-refractivity contribution in [3.8, 4) is 38.7 Å². The Labute approximate surface area is 227 Å². The zero-order chi connectivity index (χ0) is 28.4. The van der Waals surface area contributed by atoms with E-state index < -0.39 is 29.2 Å². The Balaban J connectivity index is 1.94. The van der Waals surface area contributed by atoms with E-state index in [1.54, 1.807) is 6.92 Å². The van der Waals surface area contributed by atoms with Crippen LogP contribution in [0.25, 0.3) is 33.0 Å². The predicted molar refractivity (Wildman–Crippen MR) is 143 cm³/mol. The van der Waals surface area contributed by atoms with Crippen molar-refractivity contribution in [2.75, 3.05) is 0 Å². The summed E-state index contributed by atoms with van der Waals surface area (Å²) >= 11 is 1.41. The van der Waals surface area contributed by atoms with Crippen molar-refractivity contribution >= 4 is 11.3 Å². The van der Waals surface area contributed by atoms with Crippen LogP contribution in [-0.2, 0) is 18.8 Å². The number of unbranched alkanes of at least 4 members (excludes halogenated alkanes) is 3. The summed E-state index contributed by atoms with van der Waals surface area (Å²) < 4.78 is 82.6. The number of benzene rings is 2. The molecular weight excluding hydrogens is 536 g/mol. The summed E-state index contributed by atoms with van der Waals surface area (Å²) in [5.74, 6) is -0.454. The molecule has 0 bridgehead atoms. The highest BCUT2D eigenvalue weighted by molar-refractivity contribution is 7.13. The van der Waals surface area contributed by atoms with Crippen LogP contribution >= 0.6 is 11.3 Å². The maximum atomic E-state index is 14.0. The van der Waals surface area contributed by atoms with Crippen molar-refractivity contribution in [1.29, 1.82) is 0 Å². The van der Waals surface area contributed by atoms with Crippen molar-refractivity contribution in [2.24, 2.45) is 0 Å². The van der Waals surface area contributed by atoms with Crippen LogP contribution in [-0.4, -0.2) is 10.1 Å². The molecule has 206 valence electrons. The Morgan fingerprint density at radius 2 is 1.51 bits per heavy atom. The molecule has 1 N–H and O–H groups in total. The number of phenols is 1. The summed E-state index contributed by atoms with van der Waals surface area (Å²) in [4.78, 5) is 5.17. The van der Waals surface area contributed by atoms with Gasteiger partial charge in [0.1, 0.15) is 5.75 Å².